The van der Waals surface area contributed by atoms with Crippen LogP contribution in [-0.2, 0) is 0 Å². The second-order valence-corrected chi connectivity index (χ2v) is 6.40. The van der Waals surface area contributed by atoms with E-state index in [1.165, 1.54) is 44.9 Å². The van der Waals surface area contributed by atoms with Crippen molar-refractivity contribution < 1.29 is 0 Å². The fraction of sp³-hybridized carbons (Fsp3) is 1.00. The molecular formula is C14H26N2. The van der Waals surface area contributed by atoms with Crippen LogP contribution in [0.5, 0.6) is 0 Å². The average Bonchev–Trinajstić information content (AvgIpc) is 2.84. The van der Waals surface area contributed by atoms with Gasteiger partial charge >= 0.3 is 0 Å². The predicted molar refractivity (Wildman–Crippen MR) is 67.5 cm³/mol. The summed E-state index contributed by atoms with van der Waals surface area (Å²) in [4.78, 5) is 2.74. The number of nitrogens with zero attached hydrogens (tertiary/aromatic N) is 1. The molecule has 1 aliphatic carbocycles. The summed E-state index contributed by atoms with van der Waals surface area (Å²) in [5.41, 5.74) is 0. The second kappa shape index (κ2) is 4.30. The molecule has 2 heterocycles. The van der Waals surface area contributed by atoms with Crippen molar-refractivity contribution in [2.45, 2.75) is 76.0 Å². The van der Waals surface area contributed by atoms with Crippen LogP contribution in [-0.4, -0.2) is 36.1 Å². The SMILES string of the molecule is CC1CCCC1N(C)C1CC2CCC(C1)N2. The highest BCUT2D eigenvalue weighted by Gasteiger charge is 2.38. The number of rotatable bonds is 2. The van der Waals surface area contributed by atoms with Gasteiger partial charge in [0.15, 0.2) is 0 Å². The Morgan fingerprint density at radius 2 is 1.69 bits per heavy atom. The maximum atomic E-state index is 3.75. The van der Waals surface area contributed by atoms with Crippen molar-refractivity contribution in [1.29, 1.82) is 0 Å². The van der Waals surface area contributed by atoms with E-state index in [1.807, 2.05) is 0 Å². The fourth-order valence-electron chi connectivity index (χ4n) is 4.36. The van der Waals surface area contributed by atoms with E-state index < -0.39 is 0 Å². The smallest absolute Gasteiger partial charge is 0.0125 e. The third-order valence-corrected chi connectivity index (χ3v) is 5.36. The molecule has 2 heteroatoms. The van der Waals surface area contributed by atoms with Crippen LogP contribution >= 0.6 is 0 Å². The van der Waals surface area contributed by atoms with Gasteiger partial charge in [0, 0.05) is 24.2 Å². The van der Waals surface area contributed by atoms with Gasteiger partial charge in [-0.05, 0) is 51.5 Å². The van der Waals surface area contributed by atoms with Crippen LogP contribution < -0.4 is 5.32 Å². The van der Waals surface area contributed by atoms with E-state index in [0.717, 1.165) is 30.1 Å². The summed E-state index contributed by atoms with van der Waals surface area (Å²) in [6, 6.07) is 3.41. The number of piperidine rings is 1. The normalized spacial score (nSPS) is 47.8. The lowest BCUT2D eigenvalue weighted by Crippen LogP contribution is -2.50. The molecule has 2 nitrogen and oxygen atoms in total. The van der Waals surface area contributed by atoms with E-state index in [0.29, 0.717) is 0 Å². The van der Waals surface area contributed by atoms with Gasteiger partial charge in [0.05, 0.1) is 0 Å². The molecule has 1 saturated carbocycles. The molecule has 3 aliphatic rings. The quantitative estimate of drug-likeness (QED) is 0.772. The molecule has 3 rings (SSSR count). The molecule has 0 aromatic rings. The van der Waals surface area contributed by atoms with E-state index in [-0.39, 0.29) is 0 Å². The summed E-state index contributed by atoms with van der Waals surface area (Å²) < 4.78 is 0. The summed E-state index contributed by atoms with van der Waals surface area (Å²) in [6.07, 6.45) is 9.99. The minimum Gasteiger partial charge on any atom is -0.311 e. The Hall–Kier alpha value is -0.0800. The molecular weight excluding hydrogens is 196 g/mol. The van der Waals surface area contributed by atoms with Gasteiger partial charge in [-0.1, -0.05) is 13.3 Å². The molecule has 0 amide bonds. The van der Waals surface area contributed by atoms with Gasteiger partial charge in [-0.15, -0.1) is 0 Å². The summed E-state index contributed by atoms with van der Waals surface area (Å²) in [5, 5.41) is 3.75. The third kappa shape index (κ3) is 1.91. The first-order valence-corrected chi connectivity index (χ1v) is 7.22. The summed E-state index contributed by atoms with van der Waals surface area (Å²) >= 11 is 0. The molecule has 0 radical (unpaired) electrons. The summed E-state index contributed by atoms with van der Waals surface area (Å²) in [5.74, 6) is 0.928. The highest BCUT2D eigenvalue weighted by molar-refractivity contribution is 4.97. The molecule has 92 valence electrons. The Labute approximate surface area is 99.8 Å². The molecule has 2 bridgehead atoms. The minimum atomic E-state index is 0.836. The molecule has 1 N–H and O–H groups in total. The van der Waals surface area contributed by atoms with Gasteiger partial charge in [0.25, 0.3) is 0 Å². The van der Waals surface area contributed by atoms with E-state index in [9.17, 15) is 0 Å². The largest absolute Gasteiger partial charge is 0.311 e. The van der Waals surface area contributed by atoms with Gasteiger partial charge in [0.2, 0.25) is 0 Å². The van der Waals surface area contributed by atoms with Gasteiger partial charge in [-0.3, -0.25) is 0 Å². The number of hydrogen-bond acceptors (Lipinski definition) is 2. The Morgan fingerprint density at radius 3 is 2.25 bits per heavy atom. The predicted octanol–water partition coefficient (Wildman–Crippen LogP) is 2.39. The molecule has 0 aromatic carbocycles. The second-order valence-electron chi connectivity index (χ2n) is 6.40. The zero-order valence-electron chi connectivity index (χ0n) is 10.8. The summed E-state index contributed by atoms with van der Waals surface area (Å²) in [7, 11) is 2.39. The van der Waals surface area contributed by atoms with Crippen LogP contribution in [0.1, 0.15) is 51.9 Å². The average molecular weight is 222 g/mol. The standard InChI is InChI=1S/C14H26N2/c1-10-4-3-5-14(10)16(2)13-8-11-6-7-12(9-13)15-11/h10-15H,3-9H2,1-2H3. The Balaban J connectivity index is 1.64. The molecule has 0 aromatic heterocycles. The maximum absolute atomic E-state index is 3.75. The van der Waals surface area contributed by atoms with Crippen molar-refractivity contribution in [3.8, 4) is 0 Å². The van der Waals surface area contributed by atoms with Crippen molar-refractivity contribution in [3.05, 3.63) is 0 Å². The molecule has 2 aliphatic heterocycles. The number of hydrogen-bond donors (Lipinski definition) is 1. The lowest BCUT2D eigenvalue weighted by atomic mass is 9.95. The first-order chi connectivity index (χ1) is 7.74. The lowest BCUT2D eigenvalue weighted by Gasteiger charge is -2.40. The molecule has 4 atom stereocenters. The van der Waals surface area contributed by atoms with Gasteiger partial charge in [-0.2, -0.15) is 0 Å². The van der Waals surface area contributed by atoms with Crippen LogP contribution in [0.2, 0.25) is 0 Å². The van der Waals surface area contributed by atoms with E-state index in [1.54, 1.807) is 0 Å². The minimum absolute atomic E-state index is 0.836. The monoisotopic (exact) mass is 222 g/mol. The van der Waals surface area contributed by atoms with Gasteiger partial charge in [0.1, 0.15) is 0 Å². The highest BCUT2D eigenvalue weighted by atomic mass is 15.2. The molecule has 3 fully saturated rings. The van der Waals surface area contributed by atoms with Crippen LogP contribution in [0.15, 0.2) is 0 Å². The maximum Gasteiger partial charge on any atom is 0.0125 e. The molecule has 16 heavy (non-hydrogen) atoms. The number of nitrogens with one attached hydrogen (secondary N) is 1. The highest BCUT2D eigenvalue weighted by Crippen LogP contribution is 2.35. The van der Waals surface area contributed by atoms with Crippen LogP contribution in [0, 0.1) is 5.92 Å². The topological polar surface area (TPSA) is 15.3 Å². The van der Waals surface area contributed by atoms with Crippen LogP contribution in [0.4, 0.5) is 0 Å². The first-order valence-electron chi connectivity index (χ1n) is 7.22. The van der Waals surface area contributed by atoms with Crippen molar-refractivity contribution in [3.63, 3.8) is 0 Å². The van der Waals surface area contributed by atoms with Crippen LogP contribution in [0.3, 0.4) is 0 Å². The van der Waals surface area contributed by atoms with Crippen molar-refractivity contribution in [2.75, 3.05) is 7.05 Å². The van der Waals surface area contributed by atoms with E-state index in [2.05, 4.69) is 24.2 Å². The molecule has 4 unspecified atom stereocenters. The zero-order valence-corrected chi connectivity index (χ0v) is 10.8. The van der Waals surface area contributed by atoms with Crippen LogP contribution in [0.25, 0.3) is 0 Å². The fourth-order valence-corrected chi connectivity index (χ4v) is 4.36. The zero-order chi connectivity index (χ0) is 11.1. The summed E-state index contributed by atoms with van der Waals surface area (Å²) in [6.45, 7) is 2.45. The Kier molecular flexibility index (Phi) is 2.97. The Morgan fingerprint density at radius 1 is 1.00 bits per heavy atom. The third-order valence-electron chi connectivity index (χ3n) is 5.36. The van der Waals surface area contributed by atoms with Crippen molar-refractivity contribution in [2.24, 2.45) is 5.92 Å². The van der Waals surface area contributed by atoms with E-state index in [4.69, 9.17) is 0 Å². The van der Waals surface area contributed by atoms with Gasteiger partial charge in [-0.25, -0.2) is 0 Å². The molecule has 2 saturated heterocycles. The Bertz CT molecular complexity index is 241. The van der Waals surface area contributed by atoms with Gasteiger partial charge < -0.3 is 10.2 Å². The van der Waals surface area contributed by atoms with E-state index >= 15 is 0 Å². The van der Waals surface area contributed by atoms with Crippen molar-refractivity contribution >= 4 is 0 Å². The molecule has 0 spiro atoms. The first kappa shape index (κ1) is 11.0. The van der Waals surface area contributed by atoms with Crippen molar-refractivity contribution in [1.82, 2.24) is 10.2 Å². The number of fused-ring (bicyclic) bond motifs is 2. The lowest BCUT2D eigenvalue weighted by molar-refractivity contribution is 0.106.